The van der Waals surface area contributed by atoms with Crippen molar-refractivity contribution in [3.63, 3.8) is 0 Å². The molecule has 2 rings (SSSR count). The molecule has 1 aromatic rings. The molecule has 1 fully saturated rings. The van der Waals surface area contributed by atoms with Gasteiger partial charge in [-0.25, -0.2) is 4.39 Å². The van der Waals surface area contributed by atoms with Gasteiger partial charge in [0.25, 0.3) is 0 Å². The van der Waals surface area contributed by atoms with Crippen molar-refractivity contribution in [3.8, 4) is 0 Å². The number of halogens is 1. The van der Waals surface area contributed by atoms with Crippen molar-refractivity contribution in [1.29, 1.82) is 0 Å². The lowest BCUT2D eigenvalue weighted by molar-refractivity contribution is 0.00854. The van der Waals surface area contributed by atoms with Crippen LogP contribution in [0.25, 0.3) is 0 Å². The highest BCUT2D eigenvalue weighted by molar-refractivity contribution is 5.20. The number of nitrogens with one attached hydrogen (secondary N) is 1. The lowest BCUT2D eigenvalue weighted by Crippen LogP contribution is -2.25. The van der Waals surface area contributed by atoms with Crippen LogP contribution in [0.15, 0.2) is 24.3 Å². The topological polar surface area (TPSA) is 21.3 Å². The van der Waals surface area contributed by atoms with Crippen molar-refractivity contribution in [1.82, 2.24) is 5.32 Å². The van der Waals surface area contributed by atoms with E-state index in [2.05, 4.69) is 12.2 Å². The second-order valence-corrected chi connectivity index (χ2v) is 5.63. The maximum Gasteiger partial charge on any atom is 0.123 e. The van der Waals surface area contributed by atoms with E-state index in [4.69, 9.17) is 4.74 Å². The first-order valence-electron chi connectivity index (χ1n) is 7.90. The molecule has 3 heteroatoms. The predicted octanol–water partition coefficient (Wildman–Crippen LogP) is 4.22. The SMILES string of the molecule is CCCNC(CCC1CCCCO1)c1cccc(F)c1. The Morgan fingerprint density at radius 2 is 2.30 bits per heavy atom. The molecule has 0 bridgehead atoms. The van der Waals surface area contributed by atoms with Gasteiger partial charge in [-0.2, -0.15) is 0 Å². The summed E-state index contributed by atoms with van der Waals surface area (Å²) in [5, 5.41) is 3.53. The summed E-state index contributed by atoms with van der Waals surface area (Å²) in [6.07, 6.45) is 7.18. The molecule has 1 N–H and O–H groups in total. The van der Waals surface area contributed by atoms with E-state index in [0.29, 0.717) is 6.10 Å². The molecule has 1 saturated heterocycles. The van der Waals surface area contributed by atoms with Crippen LogP contribution in [0.3, 0.4) is 0 Å². The molecule has 0 aromatic heterocycles. The smallest absolute Gasteiger partial charge is 0.123 e. The first-order chi connectivity index (χ1) is 9.79. The van der Waals surface area contributed by atoms with Crippen molar-refractivity contribution in [3.05, 3.63) is 35.6 Å². The van der Waals surface area contributed by atoms with Gasteiger partial charge >= 0.3 is 0 Å². The van der Waals surface area contributed by atoms with Gasteiger partial charge in [-0.15, -0.1) is 0 Å². The highest BCUT2D eigenvalue weighted by Gasteiger charge is 2.17. The van der Waals surface area contributed by atoms with Crippen LogP contribution in [0.1, 0.15) is 57.1 Å². The van der Waals surface area contributed by atoms with E-state index in [-0.39, 0.29) is 11.9 Å². The van der Waals surface area contributed by atoms with Crippen LogP contribution >= 0.6 is 0 Å². The molecule has 1 aliphatic rings. The molecule has 0 amide bonds. The molecule has 0 aliphatic carbocycles. The van der Waals surface area contributed by atoms with Crippen LogP contribution < -0.4 is 5.32 Å². The molecular formula is C17H26FNO. The normalized spacial score (nSPS) is 20.8. The van der Waals surface area contributed by atoms with Crippen LogP contribution in [-0.4, -0.2) is 19.3 Å². The summed E-state index contributed by atoms with van der Waals surface area (Å²) in [4.78, 5) is 0. The summed E-state index contributed by atoms with van der Waals surface area (Å²) < 4.78 is 19.2. The summed E-state index contributed by atoms with van der Waals surface area (Å²) in [7, 11) is 0. The molecule has 2 nitrogen and oxygen atoms in total. The molecule has 1 heterocycles. The number of ether oxygens (including phenoxy) is 1. The Labute approximate surface area is 121 Å². The molecular weight excluding hydrogens is 253 g/mol. The van der Waals surface area contributed by atoms with Gasteiger partial charge in [0.15, 0.2) is 0 Å². The number of benzene rings is 1. The van der Waals surface area contributed by atoms with Crippen molar-refractivity contribution < 1.29 is 9.13 Å². The molecule has 2 atom stereocenters. The first kappa shape index (κ1) is 15.5. The zero-order chi connectivity index (χ0) is 14.2. The highest BCUT2D eigenvalue weighted by atomic mass is 19.1. The Morgan fingerprint density at radius 1 is 1.40 bits per heavy atom. The van der Waals surface area contributed by atoms with Crippen LogP contribution in [0.4, 0.5) is 4.39 Å². The minimum absolute atomic E-state index is 0.153. The molecule has 2 unspecified atom stereocenters. The minimum Gasteiger partial charge on any atom is -0.378 e. The van der Waals surface area contributed by atoms with Gasteiger partial charge in [-0.05, 0) is 62.8 Å². The molecule has 0 spiro atoms. The molecule has 1 aliphatic heterocycles. The Balaban J connectivity index is 1.92. The van der Waals surface area contributed by atoms with Crippen LogP contribution in [-0.2, 0) is 4.74 Å². The van der Waals surface area contributed by atoms with Crippen molar-refractivity contribution in [2.45, 2.75) is 57.6 Å². The molecule has 20 heavy (non-hydrogen) atoms. The summed E-state index contributed by atoms with van der Waals surface area (Å²) in [6.45, 7) is 4.02. The minimum atomic E-state index is -0.153. The van der Waals surface area contributed by atoms with E-state index in [1.807, 2.05) is 6.07 Å². The first-order valence-corrected chi connectivity index (χ1v) is 7.90. The Morgan fingerprint density at radius 3 is 3.00 bits per heavy atom. The fourth-order valence-corrected chi connectivity index (χ4v) is 2.82. The van der Waals surface area contributed by atoms with E-state index in [9.17, 15) is 4.39 Å². The summed E-state index contributed by atoms with van der Waals surface area (Å²) in [5.41, 5.74) is 1.05. The van der Waals surface area contributed by atoms with Gasteiger partial charge in [-0.3, -0.25) is 0 Å². The zero-order valence-corrected chi connectivity index (χ0v) is 12.4. The van der Waals surface area contributed by atoms with Crippen molar-refractivity contribution in [2.75, 3.05) is 13.2 Å². The third-order valence-electron chi connectivity index (χ3n) is 3.94. The molecule has 1 aromatic carbocycles. The van der Waals surface area contributed by atoms with E-state index in [0.717, 1.165) is 38.0 Å². The molecule has 0 saturated carbocycles. The fraction of sp³-hybridized carbons (Fsp3) is 0.647. The van der Waals surface area contributed by atoms with Crippen molar-refractivity contribution in [2.24, 2.45) is 0 Å². The lowest BCUT2D eigenvalue weighted by atomic mass is 9.97. The number of hydrogen-bond acceptors (Lipinski definition) is 2. The van der Waals surface area contributed by atoms with Crippen LogP contribution in [0, 0.1) is 5.82 Å². The van der Waals surface area contributed by atoms with E-state index < -0.39 is 0 Å². The fourth-order valence-electron chi connectivity index (χ4n) is 2.82. The predicted molar refractivity (Wildman–Crippen MR) is 80.3 cm³/mol. The van der Waals surface area contributed by atoms with E-state index >= 15 is 0 Å². The maximum absolute atomic E-state index is 13.4. The standard InChI is InChI=1S/C17H26FNO/c1-2-11-19-17(14-6-5-7-15(18)13-14)10-9-16-8-3-4-12-20-16/h5-7,13,16-17,19H,2-4,8-12H2,1H3. The Bertz CT molecular complexity index is 390. The largest absolute Gasteiger partial charge is 0.378 e. The summed E-state index contributed by atoms with van der Waals surface area (Å²) in [5.74, 6) is -0.153. The maximum atomic E-state index is 13.4. The summed E-state index contributed by atoms with van der Waals surface area (Å²) in [6, 6.07) is 7.19. The number of hydrogen-bond donors (Lipinski definition) is 1. The Hall–Kier alpha value is -0.930. The van der Waals surface area contributed by atoms with Gasteiger partial charge in [0.2, 0.25) is 0 Å². The Kier molecular flexibility index (Phi) is 6.48. The van der Waals surface area contributed by atoms with Gasteiger partial charge in [0.1, 0.15) is 5.82 Å². The van der Waals surface area contributed by atoms with E-state index in [1.54, 1.807) is 12.1 Å². The average Bonchev–Trinajstić information content (AvgIpc) is 2.48. The van der Waals surface area contributed by atoms with Gasteiger partial charge in [-0.1, -0.05) is 19.1 Å². The van der Waals surface area contributed by atoms with Gasteiger partial charge in [0.05, 0.1) is 6.10 Å². The quantitative estimate of drug-likeness (QED) is 0.807. The van der Waals surface area contributed by atoms with Gasteiger partial charge in [0, 0.05) is 12.6 Å². The second kappa shape index (κ2) is 8.38. The van der Waals surface area contributed by atoms with Gasteiger partial charge < -0.3 is 10.1 Å². The average molecular weight is 279 g/mol. The van der Waals surface area contributed by atoms with Crippen LogP contribution in [0.5, 0.6) is 0 Å². The third-order valence-corrected chi connectivity index (χ3v) is 3.94. The summed E-state index contributed by atoms with van der Waals surface area (Å²) >= 11 is 0. The number of rotatable bonds is 7. The highest BCUT2D eigenvalue weighted by Crippen LogP contribution is 2.24. The second-order valence-electron chi connectivity index (χ2n) is 5.63. The van der Waals surface area contributed by atoms with Crippen LogP contribution in [0.2, 0.25) is 0 Å². The molecule has 0 radical (unpaired) electrons. The van der Waals surface area contributed by atoms with Crippen molar-refractivity contribution >= 4 is 0 Å². The lowest BCUT2D eigenvalue weighted by Gasteiger charge is -2.25. The van der Waals surface area contributed by atoms with E-state index in [1.165, 1.54) is 25.3 Å². The monoisotopic (exact) mass is 279 g/mol. The zero-order valence-electron chi connectivity index (χ0n) is 12.4. The third kappa shape index (κ3) is 4.88. The molecule has 112 valence electrons.